The van der Waals surface area contributed by atoms with E-state index in [0.717, 1.165) is 31.4 Å². The molecule has 6 heteroatoms. The summed E-state index contributed by atoms with van der Waals surface area (Å²) < 4.78 is 1.78. The Morgan fingerprint density at radius 1 is 1.19 bits per heavy atom. The van der Waals surface area contributed by atoms with Crippen LogP contribution in [-0.4, -0.2) is 52.8 Å². The molecule has 140 valence electrons. The van der Waals surface area contributed by atoms with Crippen LogP contribution < -0.4 is 10.7 Å². The second-order valence-corrected chi connectivity index (χ2v) is 7.08. The van der Waals surface area contributed by atoms with Crippen molar-refractivity contribution in [1.82, 2.24) is 14.8 Å². The molecule has 3 rings (SSSR count). The lowest BCUT2D eigenvalue weighted by Crippen LogP contribution is -2.41. The van der Waals surface area contributed by atoms with E-state index in [2.05, 4.69) is 10.2 Å². The van der Waals surface area contributed by atoms with Gasteiger partial charge in [-0.15, -0.1) is 0 Å². The third-order valence-electron chi connectivity index (χ3n) is 5.01. The maximum Gasteiger partial charge on any atom is 0.256 e. The number of nitrogens with zero attached hydrogens (tertiary/aromatic N) is 2. The fourth-order valence-corrected chi connectivity index (χ4v) is 3.59. The fraction of sp³-hybridized carbons (Fsp3) is 0.500. The molecule has 2 aromatic rings. The first kappa shape index (κ1) is 18.6. The standard InChI is InChI=1S/C20H27N3O3/c1-22-14-17(19(25)16-8-4-5-9-18(16)22)20(26)21-12-15(24)13-23-10-6-2-3-7-11-23/h4-5,8-9,14-15,24H,2-3,6-7,10-13H2,1H3,(H,21,26)/t15-/m0/s1. The number of aryl methyl sites for hydroxylation is 1. The van der Waals surface area contributed by atoms with Gasteiger partial charge in [-0.05, 0) is 38.1 Å². The number of carbonyl (C=O) groups excluding carboxylic acids is 1. The third kappa shape index (κ3) is 4.31. The number of likely N-dealkylation sites (tertiary alicyclic amines) is 1. The third-order valence-corrected chi connectivity index (χ3v) is 5.01. The Kier molecular flexibility index (Phi) is 6.06. The van der Waals surface area contributed by atoms with Crippen molar-refractivity contribution < 1.29 is 9.90 Å². The molecule has 1 amide bonds. The molecule has 26 heavy (non-hydrogen) atoms. The maximum atomic E-state index is 12.6. The highest BCUT2D eigenvalue weighted by Gasteiger charge is 2.17. The minimum Gasteiger partial charge on any atom is -0.390 e. The Balaban J connectivity index is 1.64. The van der Waals surface area contributed by atoms with Crippen molar-refractivity contribution in [2.24, 2.45) is 7.05 Å². The van der Waals surface area contributed by atoms with Crippen LogP contribution in [0.2, 0.25) is 0 Å². The van der Waals surface area contributed by atoms with Gasteiger partial charge in [-0.2, -0.15) is 0 Å². The van der Waals surface area contributed by atoms with E-state index in [1.807, 2.05) is 19.2 Å². The molecular formula is C20H27N3O3. The predicted octanol–water partition coefficient (Wildman–Crippen LogP) is 1.51. The fourth-order valence-electron chi connectivity index (χ4n) is 3.59. The van der Waals surface area contributed by atoms with Gasteiger partial charge in [0.15, 0.2) is 0 Å². The maximum absolute atomic E-state index is 12.6. The highest BCUT2D eigenvalue weighted by molar-refractivity contribution is 5.97. The Morgan fingerprint density at radius 3 is 2.62 bits per heavy atom. The molecule has 6 nitrogen and oxygen atoms in total. The minimum atomic E-state index is -0.638. The van der Waals surface area contributed by atoms with E-state index in [0.29, 0.717) is 11.9 Å². The first-order chi connectivity index (χ1) is 12.6. The molecule has 0 bridgehead atoms. The smallest absolute Gasteiger partial charge is 0.256 e. The highest BCUT2D eigenvalue weighted by Crippen LogP contribution is 2.11. The van der Waals surface area contributed by atoms with Crippen molar-refractivity contribution in [2.75, 3.05) is 26.2 Å². The summed E-state index contributed by atoms with van der Waals surface area (Å²) in [5.41, 5.74) is 0.613. The van der Waals surface area contributed by atoms with Gasteiger partial charge in [0.25, 0.3) is 5.91 Å². The van der Waals surface area contributed by atoms with Crippen LogP contribution >= 0.6 is 0 Å². The number of para-hydroxylation sites is 1. The van der Waals surface area contributed by atoms with Gasteiger partial charge >= 0.3 is 0 Å². The molecule has 0 radical (unpaired) electrons. The van der Waals surface area contributed by atoms with E-state index in [1.54, 1.807) is 22.9 Å². The summed E-state index contributed by atoms with van der Waals surface area (Å²) in [5, 5.41) is 13.5. The zero-order chi connectivity index (χ0) is 18.5. The minimum absolute atomic E-state index is 0.105. The molecule has 1 aromatic heterocycles. The van der Waals surface area contributed by atoms with Crippen LogP contribution in [-0.2, 0) is 7.05 Å². The average Bonchev–Trinajstić information content (AvgIpc) is 2.91. The van der Waals surface area contributed by atoms with Crippen LogP contribution in [0.3, 0.4) is 0 Å². The van der Waals surface area contributed by atoms with Crippen molar-refractivity contribution >= 4 is 16.8 Å². The lowest BCUT2D eigenvalue weighted by Gasteiger charge is -2.23. The Bertz CT molecular complexity index is 823. The topological polar surface area (TPSA) is 74.6 Å². The van der Waals surface area contributed by atoms with Crippen molar-refractivity contribution in [3.8, 4) is 0 Å². The van der Waals surface area contributed by atoms with E-state index in [9.17, 15) is 14.7 Å². The molecule has 1 aromatic carbocycles. The number of aliphatic hydroxyl groups excluding tert-OH is 1. The zero-order valence-electron chi connectivity index (χ0n) is 15.3. The summed E-state index contributed by atoms with van der Waals surface area (Å²) in [5.74, 6) is -0.439. The van der Waals surface area contributed by atoms with Crippen molar-refractivity contribution in [3.63, 3.8) is 0 Å². The molecular weight excluding hydrogens is 330 g/mol. The van der Waals surface area contributed by atoms with Crippen LogP contribution in [0.5, 0.6) is 0 Å². The van der Waals surface area contributed by atoms with Crippen LogP contribution in [0.15, 0.2) is 35.3 Å². The number of aliphatic hydroxyl groups is 1. The number of amides is 1. The van der Waals surface area contributed by atoms with Gasteiger partial charge in [0.05, 0.1) is 11.6 Å². The largest absolute Gasteiger partial charge is 0.390 e. The number of rotatable bonds is 5. The highest BCUT2D eigenvalue weighted by atomic mass is 16.3. The molecule has 1 aliphatic rings. The number of carbonyl (C=O) groups is 1. The molecule has 1 aliphatic heterocycles. The normalized spacial score (nSPS) is 17.0. The molecule has 1 fully saturated rings. The van der Waals surface area contributed by atoms with Crippen LogP contribution in [0.1, 0.15) is 36.0 Å². The molecule has 2 N–H and O–H groups in total. The number of benzene rings is 1. The summed E-state index contributed by atoms with van der Waals surface area (Å²) >= 11 is 0. The van der Waals surface area contributed by atoms with E-state index in [4.69, 9.17) is 0 Å². The van der Waals surface area contributed by atoms with Gasteiger partial charge in [0.2, 0.25) is 5.43 Å². The van der Waals surface area contributed by atoms with E-state index >= 15 is 0 Å². The van der Waals surface area contributed by atoms with E-state index in [1.165, 1.54) is 12.8 Å². The number of hydrogen-bond acceptors (Lipinski definition) is 4. The van der Waals surface area contributed by atoms with Crippen molar-refractivity contribution in [1.29, 1.82) is 0 Å². The molecule has 1 atom stereocenters. The predicted molar refractivity (Wildman–Crippen MR) is 102 cm³/mol. The zero-order valence-corrected chi connectivity index (χ0v) is 15.3. The SMILES string of the molecule is Cn1cc(C(=O)NC[C@H](O)CN2CCCCCC2)c(=O)c2ccccc21. The number of hydrogen-bond donors (Lipinski definition) is 2. The van der Waals surface area contributed by atoms with Gasteiger partial charge in [-0.1, -0.05) is 25.0 Å². The van der Waals surface area contributed by atoms with Crippen LogP contribution in [0.4, 0.5) is 0 Å². The van der Waals surface area contributed by atoms with Gasteiger partial charge in [0.1, 0.15) is 5.56 Å². The Hall–Kier alpha value is -2.18. The number of nitrogens with one attached hydrogen (secondary N) is 1. The summed E-state index contributed by atoms with van der Waals surface area (Å²) in [6.07, 6.45) is 5.73. The summed E-state index contributed by atoms with van der Waals surface area (Å²) in [6.45, 7) is 2.69. The van der Waals surface area contributed by atoms with Gasteiger partial charge < -0.3 is 19.9 Å². The molecule has 0 spiro atoms. The number of fused-ring (bicyclic) bond motifs is 1. The molecule has 0 saturated carbocycles. The quantitative estimate of drug-likeness (QED) is 0.851. The molecule has 1 saturated heterocycles. The van der Waals surface area contributed by atoms with Gasteiger partial charge in [0, 0.05) is 31.7 Å². The monoisotopic (exact) mass is 357 g/mol. The number of pyridine rings is 1. The van der Waals surface area contributed by atoms with Crippen molar-refractivity contribution in [2.45, 2.75) is 31.8 Å². The Morgan fingerprint density at radius 2 is 1.88 bits per heavy atom. The molecule has 0 aliphatic carbocycles. The Labute approximate surface area is 153 Å². The molecule has 2 heterocycles. The van der Waals surface area contributed by atoms with E-state index in [-0.39, 0.29) is 17.5 Å². The summed E-state index contributed by atoms with van der Waals surface area (Å²) in [6, 6.07) is 7.23. The summed E-state index contributed by atoms with van der Waals surface area (Å²) in [7, 11) is 1.81. The average molecular weight is 357 g/mol. The second-order valence-electron chi connectivity index (χ2n) is 7.08. The number of β-amino-alcohol motifs (C(OH)–C–C–N with tert-alkyl or cyclic N) is 1. The number of aromatic nitrogens is 1. The lowest BCUT2D eigenvalue weighted by atomic mass is 10.1. The van der Waals surface area contributed by atoms with Crippen LogP contribution in [0, 0.1) is 0 Å². The first-order valence-corrected chi connectivity index (χ1v) is 9.33. The lowest BCUT2D eigenvalue weighted by molar-refractivity contribution is 0.0861. The van der Waals surface area contributed by atoms with Gasteiger partial charge in [-0.3, -0.25) is 9.59 Å². The first-order valence-electron chi connectivity index (χ1n) is 9.33. The van der Waals surface area contributed by atoms with Crippen LogP contribution in [0.25, 0.3) is 10.9 Å². The van der Waals surface area contributed by atoms with Crippen molar-refractivity contribution in [3.05, 3.63) is 46.2 Å². The second kappa shape index (κ2) is 8.47. The van der Waals surface area contributed by atoms with Gasteiger partial charge in [-0.25, -0.2) is 0 Å². The van der Waals surface area contributed by atoms with E-state index < -0.39 is 12.0 Å². The molecule has 0 unspecified atom stereocenters. The summed E-state index contributed by atoms with van der Waals surface area (Å²) in [4.78, 5) is 27.3.